The Kier molecular flexibility index (Phi) is 3.72. The summed E-state index contributed by atoms with van der Waals surface area (Å²) in [5.41, 5.74) is 3.16. The smallest absolute Gasteiger partial charge is 0.157 e. The summed E-state index contributed by atoms with van der Waals surface area (Å²) < 4.78 is 1.82. The number of aryl methyl sites for hydroxylation is 2. The Labute approximate surface area is 119 Å². The number of fused-ring (bicyclic) bond motifs is 1. The van der Waals surface area contributed by atoms with E-state index in [0.717, 1.165) is 49.0 Å². The highest BCUT2D eigenvalue weighted by atomic mass is 16.3. The second-order valence-electron chi connectivity index (χ2n) is 5.81. The van der Waals surface area contributed by atoms with E-state index in [-0.39, 0.29) is 6.10 Å². The summed E-state index contributed by atoms with van der Waals surface area (Å²) in [5.74, 6) is 0. The molecular weight excluding hydrogens is 252 g/mol. The number of aliphatic hydroxyl groups is 1. The van der Waals surface area contributed by atoms with E-state index in [9.17, 15) is 5.11 Å². The minimum absolute atomic E-state index is 0.0934. The number of aromatic nitrogens is 3. The van der Waals surface area contributed by atoms with Gasteiger partial charge in [-0.1, -0.05) is 0 Å². The highest BCUT2D eigenvalue weighted by Gasteiger charge is 2.18. The van der Waals surface area contributed by atoms with Crippen molar-refractivity contribution in [1.29, 1.82) is 0 Å². The summed E-state index contributed by atoms with van der Waals surface area (Å²) >= 11 is 0. The molecule has 2 heterocycles. The summed E-state index contributed by atoms with van der Waals surface area (Å²) in [6.07, 6.45) is 5.77. The maximum Gasteiger partial charge on any atom is 0.157 e. The molecule has 0 unspecified atom stereocenters. The number of hydrogen-bond acceptors (Lipinski definition) is 4. The molecule has 0 spiro atoms. The van der Waals surface area contributed by atoms with Gasteiger partial charge in [-0.15, -0.1) is 0 Å². The molecule has 0 atom stereocenters. The normalized spacial score (nSPS) is 23.4. The van der Waals surface area contributed by atoms with E-state index in [1.54, 1.807) is 0 Å². The molecule has 2 N–H and O–H groups in total. The second kappa shape index (κ2) is 5.50. The molecule has 0 aliphatic heterocycles. The fourth-order valence-corrected chi connectivity index (χ4v) is 2.99. The SMILES string of the molecule is Cc1nn(C)c2ncc(CNC3CCC(O)CC3)cc12. The number of nitrogens with one attached hydrogen (secondary N) is 1. The van der Waals surface area contributed by atoms with Crippen molar-refractivity contribution in [3.63, 3.8) is 0 Å². The largest absolute Gasteiger partial charge is 0.393 e. The molecule has 0 saturated heterocycles. The summed E-state index contributed by atoms with van der Waals surface area (Å²) in [5, 5.41) is 18.6. The topological polar surface area (TPSA) is 63.0 Å². The van der Waals surface area contributed by atoms with Gasteiger partial charge in [0.2, 0.25) is 0 Å². The molecule has 5 heteroatoms. The Morgan fingerprint density at radius 3 is 2.85 bits per heavy atom. The first-order valence-corrected chi connectivity index (χ1v) is 7.33. The monoisotopic (exact) mass is 274 g/mol. The van der Waals surface area contributed by atoms with E-state index in [1.165, 1.54) is 5.56 Å². The van der Waals surface area contributed by atoms with Crippen molar-refractivity contribution < 1.29 is 5.11 Å². The van der Waals surface area contributed by atoms with E-state index >= 15 is 0 Å². The number of rotatable bonds is 3. The maximum atomic E-state index is 9.52. The van der Waals surface area contributed by atoms with Gasteiger partial charge in [0.15, 0.2) is 5.65 Å². The molecule has 1 aliphatic carbocycles. The molecule has 2 aromatic heterocycles. The summed E-state index contributed by atoms with van der Waals surface area (Å²) in [6, 6.07) is 2.69. The van der Waals surface area contributed by atoms with Crippen LogP contribution in [-0.4, -0.2) is 32.0 Å². The van der Waals surface area contributed by atoms with Gasteiger partial charge < -0.3 is 10.4 Å². The van der Waals surface area contributed by atoms with Crippen LogP contribution in [0.4, 0.5) is 0 Å². The fourth-order valence-electron chi connectivity index (χ4n) is 2.99. The predicted molar refractivity (Wildman–Crippen MR) is 78.3 cm³/mol. The van der Waals surface area contributed by atoms with Gasteiger partial charge in [0, 0.05) is 31.2 Å². The van der Waals surface area contributed by atoms with Crippen LogP contribution in [0.2, 0.25) is 0 Å². The molecule has 2 aromatic rings. The van der Waals surface area contributed by atoms with Crippen molar-refractivity contribution in [3.8, 4) is 0 Å². The van der Waals surface area contributed by atoms with Crippen LogP contribution >= 0.6 is 0 Å². The summed E-state index contributed by atoms with van der Waals surface area (Å²) in [4.78, 5) is 4.50. The quantitative estimate of drug-likeness (QED) is 0.893. The van der Waals surface area contributed by atoms with Gasteiger partial charge in [-0.3, -0.25) is 4.68 Å². The van der Waals surface area contributed by atoms with Crippen LogP contribution in [0.5, 0.6) is 0 Å². The predicted octanol–water partition coefficient (Wildman–Crippen LogP) is 1.67. The lowest BCUT2D eigenvalue weighted by molar-refractivity contribution is 0.116. The molecule has 0 bridgehead atoms. The number of hydrogen-bond donors (Lipinski definition) is 2. The van der Waals surface area contributed by atoms with Crippen molar-refractivity contribution in [2.45, 2.75) is 51.3 Å². The highest BCUT2D eigenvalue weighted by Crippen LogP contribution is 2.20. The number of nitrogens with zero attached hydrogens (tertiary/aromatic N) is 3. The third-order valence-electron chi connectivity index (χ3n) is 4.21. The van der Waals surface area contributed by atoms with Gasteiger partial charge in [0.25, 0.3) is 0 Å². The zero-order valence-electron chi connectivity index (χ0n) is 12.1. The van der Waals surface area contributed by atoms with Crippen molar-refractivity contribution in [2.24, 2.45) is 7.05 Å². The Morgan fingerprint density at radius 1 is 1.35 bits per heavy atom. The average molecular weight is 274 g/mol. The van der Waals surface area contributed by atoms with Gasteiger partial charge in [0.05, 0.1) is 11.8 Å². The molecule has 20 heavy (non-hydrogen) atoms. The Bertz CT molecular complexity index is 599. The highest BCUT2D eigenvalue weighted by molar-refractivity contribution is 5.78. The maximum absolute atomic E-state index is 9.52. The third kappa shape index (κ3) is 2.69. The molecule has 0 aromatic carbocycles. The van der Waals surface area contributed by atoms with Gasteiger partial charge >= 0.3 is 0 Å². The Balaban J connectivity index is 1.67. The first-order chi connectivity index (χ1) is 9.63. The molecule has 5 nitrogen and oxygen atoms in total. The first-order valence-electron chi connectivity index (χ1n) is 7.33. The van der Waals surface area contributed by atoms with Crippen LogP contribution in [0.1, 0.15) is 36.9 Å². The number of aliphatic hydroxyl groups excluding tert-OH is 1. The lowest BCUT2D eigenvalue weighted by Gasteiger charge is -2.26. The van der Waals surface area contributed by atoms with E-state index < -0.39 is 0 Å². The van der Waals surface area contributed by atoms with Gasteiger partial charge in [0.1, 0.15) is 0 Å². The van der Waals surface area contributed by atoms with Crippen LogP contribution in [0, 0.1) is 6.92 Å². The van der Waals surface area contributed by atoms with Crippen LogP contribution in [0.25, 0.3) is 11.0 Å². The minimum atomic E-state index is -0.0934. The molecule has 1 saturated carbocycles. The van der Waals surface area contributed by atoms with Crippen LogP contribution in [0.3, 0.4) is 0 Å². The lowest BCUT2D eigenvalue weighted by Crippen LogP contribution is -2.34. The molecule has 1 aliphatic rings. The van der Waals surface area contributed by atoms with E-state index in [4.69, 9.17) is 0 Å². The van der Waals surface area contributed by atoms with Crippen molar-refractivity contribution in [1.82, 2.24) is 20.1 Å². The average Bonchev–Trinajstić information content (AvgIpc) is 2.73. The molecule has 108 valence electrons. The molecule has 1 fully saturated rings. The van der Waals surface area contributed by atoms with Gasteiger partial charge in [-0.2, -0.15) is 5.10 Å². The van der Waals surface area contributed by atoms with Gasteiger partial charge in [-0.05, 0) is 44.2 Å². The lowest BCUT2D eigenvalue weighted by atomic mass is 9.93. The second-order valence-corrected chi connectivity index (χ2v) is 5.81. The van der Waals surface area contributed by atoms with Crippen molar-refractivity contribution in [3.05, 3.63) is 23.5 Å². The Hall–Kier alpha value is -1.46. The molecule has 3 rings (SSSR count). The van der Waals surface area contributed by atoms with Crippen molar-refractivity contribution in [2.75, 3.05) is 0 Å². The van der Waals surface area contributed by atoms with Crippen LogP contribution in [-0.2, 0) is 13.6 Å². The zero-order chi connectivity index (χ0) is 14.1. The van der Waals surface area contributed by atoms with Crippen LogP contribution in [0.15, 0.2) is 12.3 Å². The molecular formula is C15H22N4O. The summed E-state index contributed by atoms with van der Waals surface area (Å²) in [6.45, 7) is 2.85. The van der Waals surface area contributed by atoms with Crippen molar-refractivity contribution >= 4 is 11.0 Å². The molecule has 0 radical (unpaired) electrons. The van der Waals surface area contributed by atoms with E-state index in [1.807, 2.05) is 24.9 Å². The first kappa shape index (κ1) is 13.5. The minimum Gasteiger partial charge on any atom is -0.393 e. The standard InChI is InChI=1S/C15H22N4O/c1-10-14-7-11(9-17-15(14)19(2)18-10)8-16-12-3-5-13(20)6-4-12/h7,9,12-13,16,20H,3-6,8H2,1-2H3. The van der Waals surface area contributed by atoms with Crippen LogP contribution < -0.4 is 5.32 Å². The molecule has 0 amide bonds. The van der Waals surface area contributed by atoms with E-state index in [2.05, 4.69) is 21.5 Å². The van der Waals surface area contributed by atoms with E-state index in [0.29, 0.717) is 6.04 Å². The summed E-state index contributed by atoms with van der Waals surface area (Å²) in [7, 11) is 1.92. The Morgan fingerprint density at radius 2 is 2.10 bits per heavy atom. The van der Waals surface area contributed by atoms with Gasteiger partial charge in [-0.25, -0.2) is 4.98 Å². The fraction of sp³-hybridized carbons (Fsp3) is 0.600. The number of pyridine rings is 1. The third-order valence-corrected chi connectivity index (χ3v) is 4.21. The zero-order valence-corrected chi connectivity index (χ0v) is 12.1.